The van der Waals surface area contributed by atoms with E-state index in [0.29, 0.717) is 5.91 Å². The Kier molecular flexibility index (Phi) is 7.61. The maximum Gasteiger partial charge on any atom is 0.225 e. The van der Waals surface area contributed by atoms with Crippen molar-refractivity contribution in [3.05, 3.63) is 0 Å². The Labute approximate surface area is 123 Å². The zero-order valence-corrected chi connectivity index (χ0v) is 13.3. The van der Waals surface area contributed by atoms with Crippen LogP contribution >= 0.6 is 0 Å². The SMILES string of the molecule is CCCC(CCC)C(=O)N1CCN(C(C#N)CC)CC1. The molecule has 1 rings (SSSR count). The van der Waals surface area contributed by atoms with E-state index >= 15 is 0 Å². The minimum Gasteiger partial charge on any atom is -0.340 e. The van der Waals surface area contributed by atoms with Gasteiger partial charge in [0, 0.05) is 32.1 Å². The highest BCUT2D eigenvalue weighted by Gasteiger charge is 2.28. The van der Waals surface area contributed by atoms with Crippen molar-refractivity contribution in [2.75, 3.05) is 26.2 Å². The molecule has 1 heterocycles. The number of carbonyl (C=O) groups is 1. The van der Waals surface area contributed by atoms with Gasteiger partial charge in [-0.25, -0.2) is 0 Å². The zero-order chi connectivity index (χ0) is 15.0. The molecule has 0 radical (unpaired) electrons. The molecular formula is C16H29N3O. The summed E-state index contributed by atoms with van der Waals surface area (Å²) >= 11 is 0. The predicted molar refractivity (Wildman–Crippen MR) is 81.2 cm³/mol. The van der Waals surface area contributed by atoms with Crippen LogP contribution < -0.4 is 0 Å². The van der Waals surface area contributed by atoms with Gasteiger partial charge in [-0.1, -0.05) is 33.6 Å². The van der Waals surface area contributed by atoms with Crippen molar-refractivity contribution in [2.24, 2.45) is 5.92 Å². The van der Waals surface area contributed by atoms with Crippen LogP contribution in [-0.2, 0) is 4.79 Å². The molecule has 1 unspecified atom stereocenters. The van der Waals surface area contributed by atoms with Gasteiger partial charge in [-0.3, -0.25) is 9.69 Å². The van der Waals surface area contributed by atoms with Gasteiger partial charge >= 0.3 is 0 Å². The van der Waals surface area contributed by atoms with Gasteiger partial charge in [-0.2, -0.15) is 5.26 Å². The summed E-state index contributed by atoms with van der Waals surface area (Å²) in [5.41, 5.74) is 0. The minimum atomic E-state index is 0.00864. The average Bonchev–Trinajstić information content (AvgIpc) is 2.48. The van der Waals surface area contributed by atoms with Crippen molar-refractivity contribution in [2.45, 2.75) is 58.9 Å². The molecule has 4 heteroatoms. The van der Waals surface area contributed by atoms with Crippen LogP contribution in [0.25, 0.3) is 0 Å². The van der Waals surface area contributed by atoms with Gasteiger partial charge in [-0.15, -0.1) is 0 Å². The fraction of sp³-hybridized carbons (Fsp3) is 0.875. The first-order valence-corrected chi connectivity index (χ1v) is 8.10. The Hall–Kier alpha value is -1.08. The van der Waals surface area contributed by atoms with E-state index in [4.69, 9.17) is 5.26 Å². The third kappa shape index (κ3) is 4.49. The topological polar surface area (TPSA) is 47.3 Å². The van der Waals surface area contributed by atoms with Gasteiger partial charge in [0.2, 0.25) is 5.91 Å². The van der Waals surface area contributed by atoms with Crippen molar-refractivity contribution < 1.29 is 4.79 Å². The Morgan fingerprint density at radius 3 is 2.05 bits per heavy atom. The number of piperazine rings is 1. The molecule has 1 aliphatic rings. The molecule has 20 heavy (non-hydrogen) atoms. The number of carbonyl (C=O) groups excluding carboxylic acids is 1. The number of hydrogen-bond donors (Lipinski definition) is 0. The first-order valence-electron chi connectivity index (χ1n) is 8.10. The zero-order valence-electron chi connectivity index (χ0n) is 13.3. The molecule has 0 saturated carbocycles. The van der Waals surface area contributed by atoms with Gasteiger partial charge in [0.15, 0.2) is 0 Å². The molecule has 0 aromatic rings. The highest BCUT2D eigenvalue weighted by molar-refractivity contribution is 5.78. The highest BCUT2D eigenvalue weighted by Crippen LogP contribution is 2.18. The second-order valence-corrected chi connectivity index (χ2v) is 5.69. The van der Waals surface area contributed by atoms with E-state index in [9.17, 15) is 4.79 Å². The first-order chi connectivity index (χ1) is 9.67. The average molecular weight is 279 g/mol. The summed E-state index contributed by atoms with van der Waals surface area (Å²) in [7, 11) is 0. The summed E-state index contributed by atoms with van der Waals surface area (Å²) in [5.74, 6) is 0.535. The van der Waals surface area contributed by atoms with Crippen LogP contribution in [-0.4, -0.2) is 47.9 Å². The third-order valence-electron chi connectivity index (χ3n) is 4.23. The van der Waals surface area contributed by atoms with Crippen LogP contribution in [0.15, 0.2) is 0 Å². The summed E-state index contributed by atoms with van der Waals surface area (Å²) in [6.45, 7) is 9.57. The molecule has 1 saturated heterocycles. The number of nitrogens with zero attached hydrogens (tertiary/aromatic N) is 3. The number of nitriles is 1. The van der Waals surface area contributed by atoms with Crippen LogP contribution in [0.4, 0.5) is 0 Å². The Balaban J connectivity index is 2.51. The van der Waals surface area contributed by atoms with Gasteiger partial charge in [-0.05, 0) is 19.3 Å². The minimum absolute atomic E-state index is 0.00864. The molecule has 1 fully saturated rings. The van der Waals surface area contributed by atoms with Crippen molar-refractivity contribution in [1.29, 1.82) is 5.26 Å². The van der Waals surface area contributed by atoms with E-state index in [-0.39, 0.29) is 12.0 Å². The van der Waals surface area contributed by atoms with E-state index in [1.807, 2.05) is 11.8 Å². The lowest BCUT2D eigenvalue weighted by Gasteiger charge is -2.38. The predicted octanol–water partition coefficient (Wildman–Crippen LogP) is 2.65. The maximum absolute atomic E-state index is 12.5. The fourth-order valence-corrected chi connectivity index (χ4v) is 3.03. The quantitative estimate of drug-likeness (QED) is 0.720. The van der Waals surface area contributed by atoms with E-state index in [2.05, 4.69) is 24.8 Å². The fourth-order valence-electron chi connectivity index (χ4n) is 3.03. The molecular weight excluding hydrogens is 250 g/mol. The Morgan fingerprint density at radius 1 is 1.10 bits per heavy atom. The van der Waals surface area contributed by atoms with Crippen LogP contribution in [0.1, 0.15) is 52.9 Å². The van der Waals surface area contributed by atoms with Gasteiger partial charge < -0.3 is 4.90 Å². The largest absolute Gasteiger partial charge is 0.340 e. The smallest absolute Gasteiger partial charge is 0.225 e. The van der Waals surface area contributed by atoms with Crippen LogP contribution in [0.5, 0.6) is 0 Å². The lowest BCUT2D eigenvalue weighted by atomic mass is 9.96. The number of hydrogen-bond acceptors (Lipinski definition) is 3. The molecule has 0 aliphatic carbocycles. The van der Waals surface area contributed by atoms with Gasteiger partial charge in [0.25, 0.3) is 0 Å². The normalized spacial score (nSPS) is 18.1. The van der Waals surface area contributed by atoms with Crippen molar-refractivity contribution in [3.8, 4) is 6.07 Å². The Morgan fingerprint density at radius 2 is 1.65 bits per heavy atom. The van der Waals surface area contributed by atoms with Crippen molar-refractivity contribution in [1.82, 2.24) is 9.80 Å². The first kappa shape index (κ1) is 17.0. The van der Waals surface area contributed by atoms with E-state index in [0.717, 1.165) is 58.3 Å². The Bertz CT molecular complexity index is 323. The summed E-state index contributed by atoms with van der Waals surface area (Å²) < 4.78 is 0. The van der Waals surface area contributed by atoms with Gasteiger partial charge in [0.1, 0.15) is 0 Å². The summed E-state index contributed by atoms with van der Waals surface area (Å²) in [5, 5.41) is 9.11. The van der Waals surface area contributed by atoms with Crippen LogP contribution in [0.3, 0.4) is 0 Å². The van der Waals surface area contributed by atoms with Gasteiger partial charge in [0.05, 0.1) is 12.1 Å². The third-order valence-corrected chi connectivity index (χ3v) is 4.23. The highest BCUT2D eigenvalue weighted by atomic mass is 16.2. The van der Waals surface area contributed by atoms with Crippen molar-refractivity contribution >= 4 is 5.91 Å². The molecule has 0 spiro atoms. The molecule has 114 valence electrons. The van der Waals surface area contributed by atoms with E-state index in [1.165, 1.54) is 0 Å². The van der Waals surface area contributed by atoms with Crippen LogP contribution in [0, 0.1) is 17.2 Å². The molecule has 1 aliphatic heterocycles. The second kappa shape index (κ2) is 8.97. The van der Waals surface area contributed by atoms with E-state index in [1.54, 1.807) is 0 Å². The summed E-state index contributed by atoms with van der Waals surface area (Å²) in [6, 6.07) is 2.36. The monoisotopic (exact) mass is 279 g/mol. The molecule has 1 atom stereocenters. The molecule has 0 bridgehead atoms. The lowest BCUT2D eigenvalue weighted by Crippen LogP contribution is -2.52. The number of amides is 1. The standard InChI is InChI=1S/C16H29N3O/c1-4-7-14(8-5-2)16(20)19-11-9-18(10-12-19)15(6-3)13-17/h14-15H,4-12H2,1-3H3. The molecule has 4 nitrogen and oxygen atoms in total. The second-order valence-electron chi connectivity index (χ2n) is 5.69. The molecule has 0 aromatic carbocycles. The van der Waals surface area contributed by atoms with E-state index < -0.39 is 0 Å². The number of rotatable bonds is 7. The van der Waals surface area contributed by atoms with Crippen LogP contribution in [0.2, 0.25) is 0 Å². The lowest BCUT2D eigenvalue weighted by molar-refractivity contribution is -0.138. The summed E-state index contributed by atoms with van der Waals surface area (Å²) in [4.78, 5) is 16.8. The summed E-state index contributed by atoms with van der Waals surface area (Å²) in [6.07, 6.45) is 5.01. The molecule has 0 aromatic heterocycles. The van der Waals surface area contributed by atoms with Crippen molar-refractivity contribution in [3.63, 3.8) is 0 Å². The molecule has 1 amide bonds. The molecule has 0 N–H and O–H groups in total. The maximum atomic E-state index is 12.5.